The van der Waals surface area contributed by atoms with E-state index in [0.29, 0.717) is 24.5 Å². The van der Waals surface area contributed by atoms with Crippen molar-refractivity contribution in [2.75, 3.05) is 42.7 Å². The van der Waals surface area contributed by atoms with Gasteiger partial charge < -0.3 is 19.5 Å². The van der Waals surface area contributed by atoms with Crippen molar-refractivity contribution < 1.29 is 23.8 Å². The highest BCUT2D eigenvalue weighted by Gasteiger charge is 2.35. The minimum Gasteiger partial charge on any atom is -0.441 e. The Bertz CT molecular complexity index is 527. The maximum absolute atomic E-state index is 14.1. The average molecular weight is 296 g/mol. The highest BCUT2D eigenvalue weighted by molar-refractivity contribution is 5.94. The fraction of sp³-hybridized carbons (Fsp3) is 0.500. The van der Waals surface area contributed by atoms with E-state index < -0.39 is 18.5 Å². The average Bonchev–Trinajstić information content (AvgIpc) is 2.89. The largest absolute Gasteiger partial charge is 0.441 e. The number of aliphatic hydroxyl groups excluding tert-OH is 1. The second kappa shape index (κ2) is 5.87. The first-order valence-corrected chi connectivity index (χ1v) is 6.87. The maximum atomic E-state index is 14.1. The molecule has 3 rings (SSSR count). The third-order valence-corrected chi connectivity index (χ3v) is 3.63. The predicted molar refractivity (Wildman–Crippen MR) is 74.2 cm³/mol. The lowest BCUT2D eigenvalue weighted by Gasteiger charge is -2.34. The number of halogens is 1. The van der Waals surface area contributed by atoms with Gasteiger partial charge >= 0.3 is 6.09 Å². The summed E-state index contributed by atoms with van der Waals surface area (Å²) in [6.45, 7) is 0.905. The topological polar surface area (TPSA) is 62.2 Å². The van der Waals surface area contributed by atoms with Crippen molar-refractivity contribution in [3.8, 4) is 0 Å². The van der Waals surface area contributed by atoms with E-state index in [1.54, 1.807) is 29.2 Å². The second-order valence-electron chi connectivity index (χ2n) is 4.99. The van der Waals surface area contributed by atoms with Gasteiger partial charge in [-0.3, -0.25) is 4.90 Å². The van der Waals surface area contributed by atoms with Gasteiger partial charge in [-0.2, -0.15) is 0 Å². The molecule has 6 nitrogen and oxygen atoms in total. The Labute approximate surface area is 121 Å². The van der Waals surface area contributed by atoms with Crippen molar-refractivity contribution in [3.63, 3.8) is 0 Å². The van der Waals surface area contributed by atoms with Crippen molar-refractivity contribution >= 4 is 17.5 Å². The Hall–Kier alpha value is -1.86. The van der Waals surface area contributed by atoms with Crippen LogP contribution >= 0.6 is 0 Å². The molecule has 21 heavy (non-hydrogen) atoms. The summed E-state index contributed by atoms with van der Waals surface area (Å²) in [6.07, 6.45) is -2.31. The summed E-state index contributed by atoms with van der Waals surface area (Å²) in [5.74, 6) is 0. The van der Waals surface area contributed by atoms with E-state index in [1.165, 1.54) is 4.90 Å². The Kier molecular flexibility index (Phi) is 3.94. The van der Waals surface area contributed by atoms with Gasteiger partial charge in [0.15, 0.2) is 6.30 Å². The SMILES string of the molecule is O=C1OC(CO)CN1c1ccccc1N1CCOCC1F. The first kappa shape index (κ1) is 14.1. The van der Waals surface area contributed by atoms with Crippen LogP contribution in [0.5, 0.6) is 0 Å². The van der Waals surface area contributed by atoms with Crippen LogP contribution < -0.4 is 9.80 Å². The van der Waals surface area contributed by atoms with E-state index in [4.69, 9.17) is 14.6 Å². The maximum Gasteiger partial charge on any atom is 0.414 e. The van der Waals surface area contributed by atoms with Gasteiger partial charge in [0.2, 0.25) is 0 Å². The molecule has 0 radical (unpaired) electrons. The van der Waals surface area contributed by atoms with E-state index in [1.807, 2.05) is 0 Å². The van der Waals surface area contributed by atoms with Crippen LogP contribution in [0.2, 0.25) is 0 Å². The number of benzene rings is 1. The molecule has 2 saturated heterocycles. The standard InChI is InChI=1S/C14H17FN2O4/c15-13-9-20-6-5-16(13)11-3-1-2-4-12(11)17-7-10(8-18)21-14(17)19/h1-4,10,13,18H,5-9H2. The zero-order valence-electron chi connectivity index (χ0n) is 11.4. The first-order chi connectivity index (χ1) is 10.2. The molecule has 7 heteroatoms. The number of ether oxygens (including phenoxy) is 2. The predicted octanol–water partition coefficient (Wildman–Crippen LogP) is 1.14. The smallest absolute Gasteiger partial charge is 0.414 e. The highest BCUT2D eigenvalue weighted by atomic mass is 19.1. The number of cyclic esters (lactones) is 1. The molecule has 0 bridgehead atoms. The van der Waals surface area contributed by atoms with Gasteiger partial charge in [0.05, 0.1) is 37.7 Å². The molecule has 2 aliphatic heterocycles. The molecule has 114 valence electrons. The van der Waals surface area contributed by atoms with E-state index in [2.05, 4.69) is 0 Å². The van der Waals surface area contributed by atoms with E-state index in [9.17, 15) is 9.18 Å². The van der Waals surface area contributed by atoms with Gasteiger partial charge in [-0.05, 0) is 12.1 Å². The van der Waals surface area contributed by atoms with Gasteiger partial charge in [-0.15, -0.1) is 0 Å². The number of morpholine rings is 1. The van der Waals surface area contributed by atoms with Crippen LogP contribution in [0.4, 0.5) is 20.6 Å². The molecule has 2 aliphatic rings. The number of rotatable bonds is 3. The lowest BCUT2D eigenvalue weighted by atomic mass is 10.2. The van der Waals surface area contributed by atoms with Crippen LogP contribution in [0.3, 0.4) is 0 Å². The molecule has 2 heterocycles. The van der Waals surface area contributed by atoms with Crippen LogP contribution in [0, 0.1) is 0 Å². The van der Waals surface area contributed by atoms with Crippen molar-refractivity contribution in [3.05, 3.63) is 24.3 Å². The molecular formula is C14H17FN2O4. The van der Waals surface area contributed by atoms with Gasteiger partial charge in [0.25, 0.3) is 0 Å². The Morgan fingerprint density at radius 1 is 1.33 bits per heavy atom. The lowest BCUT2D eigenvalue weighted by molar-refractivity contribution is 0.0497. The number of para-hydroxylation sites is 2. The van der Waals surface area contributed by atoms with E-state index >= 15 is 0 Å². The molecule has 1 aromatic carbocycles. The monoisotopic (exact) mass is 296 g/mol. The minimum absolute atomic E-state index is 0.0120. The van der Waals surface area contributed by atoms with Crippen molar-refractivity contribution in [2.24, 2.45) is 0 Å². The number of hydrogen-bond acceptors (Lipinski definition) is 5. The van der Waals surface area contributed by atoms with Crippen LogP contribution in [-0.4, -0.2) is 56.5 Å². The number of aliphatic hydroxyl groups is 1. The van der Waals surface area contributed by atoms with Crippen molar-refractivity contribution in [2.45, 2.75) is 12.4 Å². The normalized spacial score (nSPS) is 26.1. The third-order valence-electron chi connectivity index (χ3n) is 3.63. The molecule has 2 fully saturated rings. The fourth-order valence-corrected chi connectivity index (χ4v) is 2.59. The molecule has 0 aromatic heterocycles. The van der Waals surface area contributed by atoms with Crippen molar-refractivity contribution in [1.82, 2.24) is 0 Å². The molecule has 0 saturated carbocycles. The number of carbonyl (C=O) groups excluding carboxylic acids is 1. The number of nitrogens with zero attached hydrogens (tertiary/aromatic N) is 2. The summed E-state index contributed by atoms with van der Waals surface area (Å²) in [4.78, 5) is 14.9. The van der Waals surface area contributed by atoms with Gasteiger partial charge in [-0.25, -0.2) is 9.18 Å². The molecule has 0 spiro atoms. The number of anilines is 2. The Morgan fingerprint density at radius 3 is 2.76 bits per heavy atom. The number of carbonyl (C=O) groups is 1. The zero-order chi connectivity index (χ0) is 14.8. The quantitative estimate of drug-likeness (QED) is 0.847. The second-order valence-corrected chi connectivity index (χ2v) is 4.99. The first-order valence-electron chi connectivity index (χ1n) is 6.87. The number of hydrogen-bond donors (Lipinski definition) is 1. The molecular weight excluding hydrogens is 279 g/mol. The number of amides is 1. The summed E-state index contributed by atoms with van der Waals surface area (Å²) in [6, 6.07) is 7.10. The minimum atomic E-state index is -1.24. The van der Waals surface area contributed by atoms with Gasteiger partial charge in [0, 0.05) is 6.54 Å². The molecule has 1 N–H and O–H groups in total. The summed E-state index contributed by atoms with van der Waals surface area (Å²) in [5, 5.41) is 9.12. The van der Waals surface area contributed by atoms with Crippen LogP contribution in [-0.2, 0) is 9.47 Å². The summed E-state index contributed by atoms with van der Waals surface area (Å²) in [5.41, 5.74) is 1.21. The molecule has 1 amide bonds. The van der Waals surface area contributed by atoms with Gasteiger partial charge in [0.1, 0.15) is 6.10 Å². The van der Waals surface area contributed by atoms with Gasteiger partial charge in [-0.1, -0.05) is 12.1 Å². The molecule has 2 unspecified atom stereocenters. The van der Waals surface area contributed by atoms with E-state index in [-0.39, 0.29) is 19.8 Å². The lowest BCUT2D eigenvalue weighted by Crippen LogP contribution is -2.43. The zero-order valence-corrected chi connectivity index (χ0v) is 11.4. The Morgan fingerprint density at radius 2 is 2.10 bits per heavy atom. The van der Waals surface area contributed by atoms with Crippen LogP contribution in [0.25, 0.3) is 0 Å². The number of alkyl halides is 1. The summed E-state index contributed by atoms with van der Waals surface area (Å²) >= 11 is 0. The fourth-order valence-electron chi connectivity index (χ4n) is 2.59. The van der Waals surface area contributed by atoms with Crippen LogP contribution in [0.15, 0.2) is 24.3 Å². The molecule has 0 aliphatic carbocycles. The molecule has 1 aromatic rings. The highest BCUT2D eigenvalue weighted by Crippen LogP contribution is 2.34. The summed E-state index contributed by atoms with van der Waals surface area (Å²) < 4.78 is 24.2. The van der Waals surface area contributed by atoms with E-state index in [0.717, 1.165) is 0 Å². The summed E-state index contributed by atoms with van der Waals surface area (Å²) in [7, 11) is 0. The van der Waals surface area contributed by atoms with Crippen LogP contribution in [0.1, 0.15) is 0 Å². The van der Waals surface area contributed by atoms with Crippen molar-refractivity contribution in [1.29, 1.82) is 0 Å². The third kappa shape index (κ3) is 2.66. The molecule has 2 atom stereocenters. The Balaban J connectivity index is 1.91.